The third kappa shape index (κ3) is 3.11. The number of methoxy groups -OCH3 is 1. The zero-order chi connectivity index (χ0) is 12.0. The van der Waals surface area contributed by atoms with Crippen LogP contribution in [0.1, 0.15) is 25.8 Å². The van der Waals surface area contributed by atoms with E-state index in [1.165, 1.54) is 11.1 Å². The standard InChI is InChI=1S/C14H21NO/c1-11(2)12(8-6-10-15)13-7-4-5-9-14(13)16-3/h4-5,7-9,11H,6,10,15H2,1-3H3/b12-8+. The summed E-state index contributed by atoms with van der Waals surface area (Å²) < 4.78 is 5.38. The van der Waals surface area contributed by atoms with Gasteiger partial charge in [-0.3, -0.25) is 0 Å². The summed E-state index contributed by atoms with van der Waals surface area (Å²) in [5.41, 5.74) is 8.03. The van der Waals surface area contributed by atoms with E-state index in [1.807, 2.05) is 18.2 Å². The fourth-order valence-electron chi connectivity index (χ4n) is 1.78. The molecule has 0 amide bonds. The van der Waals surface area contributed by atoms with Gasteiger partial charge in [0.2, 0.25) is 0 Å². The molecule has 1 aromatic rings. The van der Waals surface area contributed by atoms with Gasteiger partial charge in [-0.15, -0.1) is 0 Å². The van der Waals surface area contributed by atoms with Crippen molar-refractivity contribution in [1.82, 2.24) is 0 Å². The lowest BCUT2D eigenvalue weighted by atomic mass is 9.93. The van der Waals surface area contributed by atoms with Crippen LogP contribution in [0.5, 0.6) is 5.75 Å². The van der Waals surface area contributed by atoms with Crippen LogP contribution in [-0.4, -0.2) is 13.7 Å². The summed E-state index contributed by atoms with van der Waals surface area (Å²) in [6.45, 7) is 5.06. The van der Waals surface area contributed by atoms with E-state index in [1.54, 1.807) is 7.11 Å². The Bertz CT molecular complexity index is 356. The second-order valence-electron chi connectivity index (χ2n) is 4.09. The first-order chi connectivity index (χ1) is 7.70. The highest BCUT2D eigenvalue weighted by Crippen LogP contribution is 2.30. The Morgan fingerprint density at radius 2 is 2.06 bits per heavy atom. The predicted molar refractivity (Wildman–Crippen MR) is 69.5 cm³/mol. The maximum Gasteiger partial charge on any atom is 0.126 e. The van der Waals surface area contributed by atoms with Gasteiger partial charge >= 0.3 is 0 Å². The predicted octanol–water partition coefficient (Wildman–Crippen LogP) is 3.08. The lowest BCUT2D eigenvalue weighted by molar-refractivity contribution is 0.413. The van der Waals surface area contributed by atoms with Crippen LogP contribution in [-0.2, 0) is 0 Å². The summed E-state index contributed by atoms with van der Waals surface area (Å²) >= 11 is 0. The van der Waals surface area contributed by atoms with E-state index in [4.69, 9.17) is 10.5 Å². The Hall–Kier alpha value is -1.28. The van der Waals surface area contributed by atoms with Gasteiger partial charge in [0.1, 0.15) is 5.75 Å². The van der Waals surface area contributed by atoms with Crippen molar-refractivity contribution < 1.29 is 4.74 Å². The highest BCUT2D eigenvalue weighted by atomic mass is 16.5. The number of allylic oxidation sites excluding steroid dienone is 1. The van der Waals surface area contributed by atoms with Crippen LogP contribution < -0.4 is 10.5 Å². The normalized spacial score (nSPS) is 11.9. The van der Waals surface area contributed by atoms with Gasteiger partial charge in [0.15, 0.2) is 0 Å². The Balaban J connectivity index is 3.10. The first kappa shape index (κ1) is 12.8. The maximum absolute atomic E-state index is 5.55. The van der Waals surface area contributed by atoms with E-state index in [9.17, 15) is 0 Å². The van der Waals surface area contributed by atoms with Crippen molar-refractivity contribution in [3.63, 3.8) is 0 Å². The van der Waals surface area contributed by atoms with E-state index in [0.717, 1.165) is 12.2 Å². The molecule has 2 heteroatoms. The van der Waals surface area contributed by atoms with Gasteiger partial charge < -0.3 is 10.5 Å². The molecule has 0 unspecified atom stereocenters. The maximum atomic E-state index is 5.55. The highest BCUT2D eigenvalue weighted by Gasteiger charge is 2.10. The number of benzene rings is 1. The van der Waals surface area contributed by atoms with Crippen LogP contribution in [0.15, 0.2) is 30.3 Å². The van der Waals surface area contributed by atoms with Crippen molar-refractivity contribution >= 4 is 5.57 Å². The quantitative estimate of drug-likeness (QED) is 0.826. The summed E-state index contributed by atoms with van der Waals surface area (Å²) in [5, 5.41) is 0. The molecule has 0 heterocycles. The molecule has 0 aliphatic heterocycles. The molecule has 16 heavy (non-hydrogen) atoms. The second kappa shape index (κ2) is 6.33. The number of ether oxygens (including phenoxy) is 1. The zero-order valence-corrected chi connectivity index (χ0v) is 10.4. The number of hydrogen-bond acceptors (Lipinski definition) is 2. The Morgan fingerprint density at radius 3 is 2.62 bits per heavy atom. The van der Waals surface area contributed by atoms with E-state index >= 15 is 0 Å². The van der Waals surface area contributed by atoms with Crippen molar-refractivity contribution in [2.24, 2.45) is 11.7 Å². The molecule has 0 spiro atoms. The smallest absolute Gasteiger partial charge is 0.126 e. The number of hydrogen-bond donors (Lipinski definition) is 1. The Morgan fingerprint density at radius 1 is 1.38 bits per heavy atom. The largest absolute Gasteiger partial charge is 0.496 e. The van der Waals surface area contributed by atoms with Crippen LogP contribution in [0, 0.1) is 5.92 Å². The molecule has 0 fully saturated rings. The molecule has 2 N–H and O–H groups in total. The number of nitrogens with two attached hydrogens (primary N) is 1. The molecule has 0 saturated carbocycles. The third-order valence-electron chi connectivity index (χ3n) is 2.57. The molecule has 0 aliphatic rings. The topological polar surface area (TPSA) is 35.2 Å². The van der Waals surface area contributed by atoms with Crippen molar-refractivity contribution in [3.8, 4) is 5.75 Å². The molecule has 0 aliphatic carbocycles. The summed E-state index contributed by atoms with van der Waals surface area (Å²) in [4.78, 5) is 0. The highest BCUT2D eigenvalue weighted by molar-refractivity contribution is 5.71. The minimum Gasteiger partial charge on any atom is -0.496 e. The van der Waals surface area contributed by atoms with Crippen LogP contribution in [0.3, 0.4) is 0 Å². The van der Waals surface area contributed by atoms with E-state index < -0.39 is 0 Å². The molecule has 0 saturated heterocycles. The lowest BCUT2D eigenvalue weighted by Gasteiger charge is -2.15. The van der Waals surface area contributed by atoms with Crippen molar-refractivity contribution in [1.29, 1.82) is 0 Å². The molecular formula is C14H21NO. The lowest BCUT2D eigenvalue weighted by Crippen LogP contribution is -2.00. The monoisotopic (exact) mass is 219 g/mol. The van der Waals surface area contributed by atoms with Crippen LogP contribution in [0.2, 0.25) is 0 Å². The minimum atomic E-state index is 0.475. The summed E-state index contributed by atoms with van der Waals surface area (Å²) in [6, 6.07) is 8.12. The fourth-order valence-corrected chi connectivity index (χ4v) is 1.78. The van der Waals surface area contributed by atoms with Crippen LogP contribution >= 0.6 is 0 Å². The van der Waals surface area contributed by atoms with Gasteiger partial charge in [0, 0.05) is 5.56 Å². The fraction of sp³-hybridized carbons (Fsp3) is 0.429. The Kier molecular flexibility index (Phi) is 5.06. The molecule has 2 nitrogen and oxygen atoms in total. The molecule has 88 valence electrons. The first-order valence-corrected chi connectivity index (χ1v) is 5.74. The van der Waals surface area contributed by atoms with Gasteiger partial charge in [-0.2, -0.15) is 0 Å². The molecule has 0 radical (unpaired) electrons. The summed E-state index contributed by atoms with van der Waals surface area (Å²) in [7, 11) is 1.71. The third-order valence-corrected chi connectivity index (χ3v) is 2.57. The molecule has 0 bridgehead atoms. The van der Waals surface area contributed by atoms with Crippen molar-refractivity contribution in [2.45, 2.75) is 20.3 Å². The Labute approximate surface area is 98.1 Å². The first-order valence-electron chi connectivity index (χ1n) is 5.74. The second-order valence-corrected chi connectivity index (χ2v) is 4.09. The van der Waals surface area contributed by atoms with E-state index in [2.05, 4.69) is 26.0 Å². The zero-order valence-electron chi connectivity index (χ0n) is 10.4. The summed E-state index contributed by atoms with van der Waals surface area (Å²) in [5.74, 6) is 1.40. The number of para-hydroxylation sites is 1. The molecule has 1 rings (SSSR count). The minimum absolute atomic E-state index is 0.475. The van der Waals surface area contributed by atoms with Gasteiger partial charge in [-0.1, -0.05) is 38.1 Å². The van der Waals surface area contributed by atoms with E-state index in [-0.39, 0.29) is 0 Å². The van der Waals surface area contributed by atoms with Crippen LogP contribution in [0.4, 0.5) is 0 Å². The van der Waals surface area contributed by atoms with Crippen molar-refractivity contribution in [2.75, 3.05) is 13.7 Å². The molecule has 0 atom stereocenters. The number of rotatable bonds is 5. The molecular weight excluding hydrogens is 198 g/mol. The average Bonchev–Trinajstić information content (AvgIpc) is 2.29. The van der Waals surface area contributed by atoms with Gasteiger partial charge in [-0.25, -0.2) is 0 Å². The average molecular weight is 219 g/mol. The van der Waals surface area contributed by atoms with Crippen LogP contribution in [0.25, 0.3) is 5.57 Å². The summed E-state index contributed by atoms with van der Waals surface area (Å²) in [6.07, 6.45) is 3.12. The molecule has 1 aromatic carbocycles. The van der Waals surface area contributed by atoms with E-state index in [0.29, 0.717) is 12.5 Å². The van der Waals surface area contributed by atoms with Gasteiger partial charge in [0.05, 0.1) is 7.11 Å². The SMILES string of the molecule is COc1ccccc1/C(=C/CCN)C(C)C. The van der Waals surface area contributed by atoms with Crippen molar-refractivity contribution in [3.05, 3.63) is 35.9 Å². The van der Waals surface area contributed by atoms with Gasteiger partial charge in [0.25, 0.3) is 0 Å². The van der Waals surface area contributed by atoms with Gasteiger partial charge in [-0.05, 0) is 30.5 Å². The molecule has 0 aromatic heterocycles.